The third-order valence-electron chi connectivity index (χ3n) is 11.0. The van der Waals surface area contributed by atoms with Gasteiger partial charge in [-0.25, -0.2) is 4.39 Å². The summed E-state index contributed by atoms with van der Waals surface area (Å²) in [5, 5.41) is 4.64. The molecule has 6 heterocycles. The van der Waals surface area contributed by atoms with Crippen molar-refractivity contribution < 1.29 is 18.7 Å². The number of nitrogen functional groups attached to an aromatic ring is 1. The zero-order chi connectivity index (χ0) is 32.5. The van der Waals surface area contributed by atoms with Gasteiger partial charge in [0.25, 0.3) is 5.91 Å². The average molecular weight is 645 g/mol. The highest BCUT2D eigenvalue weighted by atomic mass is 19.1. The van der Waals surface area contributed by atoms with Crippen LogP contribution in [-0.2, 0) is 42.9 Å². The highest BCUT2D eigenvalue weighted by Crippen LogP contribution is 2.48. The van der Waals surface area contributed by atoms with E-state index in [9.17, 15) is 9.18 Å². The van der Waals surface area contributed by atoms with Gasteiger partial charge >= 0.3 is 6.01 Å². The summed E-state index contributed by atoms with van der Waals surface area (Å²) in [7, 11) is 3.48. The van der Waals surface area contributed by atoms with Gasteiger partial charge in [0.1, 0.15) is 18.6 Å². The number of carbonyl (C=O) groups is 1. The lowest BCUT2D eigenvalue weighted by atomic mass is 9.71. The molecule has 250 valence electrons. The van der Waals surface area contributed by atoms with E-state index in [0.717, 1.165) is 79.2 Å². The fourth-order valence-electron chi connectivity index (χ4n) is 8.89. The quantitative estimate of drug-likeness (QED) is 0.414. The van der Waals surface area contributed by atoms with Crippen molar-refractivity contribution in [3.05, 3.63) is 58.0 Å². The van der Waals surface area contributed by atoms with E-state index in [1.807, 2.05) is 16.8 Å². The molecule has 1 aromatic carbocycles. The molecule has 1 amide bonds. The minimum Gasteiger partial charge on any atom is -0.461 e. The number of rotatable bonds is 5. The summed E-state index contributed by atoms with van der Waals surface area (Å²) in [5.41, 5.74) is 11.9. The van der Waals surface area contributed by atoms with Gasteiger partial charge in [0, 0.05) is 57.8 Å². The van der Waals surface area contributed by atoms with Crippen LogP contribution in [0.25, 0.3) is 0 Å². The second kappa shape index (κ2) is 11.4. The van der Waals surface area contributed by atoms with Crippen LogP contribution in [0.1, 0.15) is 77.6 Å². The molecule has 2 saturated heterocycles. The lowest BCUT2D eigenvalue weighted by molar-refractivity contribution is -0.0938. The summed E-state index contributed by atoms with van der Waals surface area (Å²) in [6, 6.07) is 8.42. The molecule has 47 heavy (non-hydrogen) atoms. The smallest absolute Gasteiger partial charge is 0.318 e. The molecular weight excluding hydrogens is 599 g/mol. The monoisotopic (exact) mass is 644 g/mol. The van der Waals surface area contributed by atoms with Gasteiger partial charge in [0.15, 0.2) is 5.69 Å². The Balaban J connectivity index is 1.17. The number of hydrogen-bond acceptors (Lipinski definition) is 9. The number of benzene rings is 1. The van der Waals surface area contributed by atoms with E-state index in [2.05, 4.69) is 34.0 Å². The molecule has 8 rings (SSSR count). The highest BCUT2D eigenvalue weighted by Gasteiger charge is 2.50. The standard InChI is InChI=1S/C35H45FN8O3/c1-22-12-23-6-7-25(37)13-28(23)35(15-22)17-30-27(20-47-35)31(39-33(38-30)46-21-34-8-4-10-43(34)18-24(36)16-34)42-9-5-11-44-26(19-42)14-29(40-44)32(45)41(2)3/h6-7,13-14,22,24H,4-5,8-12,15-21,37H2,1-3H3/t22-,24-,34+,35+/m1/s1. The molecule has 0 saturated carbocycles. The molecule has 2 N–H and O–H groups in total. The number of nitrogens with two attached hydrogens (primary N) is 1. The zero-order valence-electron chi connectivity index (χ0n) is 27.7. The Hall–Kier alpha value is -3.77. The van der Waals surface area contributed by atoms with Crippen molar-refractivity contribution in [1.29, 1.82) is 0 Å². The predicted octanol–water partition coefficient (Wildman–Crippen LogP) is 3.87. The molecule has 0 radical (unpaired) electrons. The molecule has 4 atom stereocenters. The zero-order valence-corrected chi connectivity index (χ0v) is 27.7. The first-order valence-electron chi connectivity index (χ1n) is 17.1. The summed E-state index contributed by atoms with van der Waals surface area (Å²) in [5.74, 6) is 1.12. The van der Waals surface area contributed by atoms with Crippen LogP contribution in [0.2, 0.25) is 0 Å². The van der Waals surface area contributed by atoms with Gasteiger partial charge in [0.05, 0.1) is 35.7 Å². The largest absolute Gasteiger partial charge is 0.461 e. The summed E-state index contributed by atoms with van der Waals surface area (Å²) in [6.07, 6.45) is 4.92. The maximum atomic E-state index is 14.6. The van der Waals surface area contributed by atoms with Crippen molar-refractivity contribution in [1.82, 2.24) is 29.5 Å². The number of hydrogen-bond donors (Lipinski definition) is 1. The minimum atomic E-state index is -0.831. The molecule has 12 heteroatoms. The van der Waals surface area contributed by atoms with E-state index < -0.39 is 11.8 Å². The number of halogens is 1. The Morgan fingerprint density at radius 3 is 2.89 bits per heavy atom. The first-order valence-corrected chi connectivity index (χ1v) is 17.1. The molecular formula is C35H45FN8O3. The number of ether oxygens (including phenoxy) is 2. The minimum absolute atomic E-state index is 0.115. The predicted molar refractivity (Wildman–Crippen MR) is 175 cm³/mol. The van der Waals surface area contributed by atoms with Gasteiger partial charge in [-0.3, -0.25) is 14.4 Å². The van der Waals surface area contributed by atoms with Crippen LogP contribution in [0.5, 0.6) is 6.01 Å². The van der Waals surface area contributed by atoms with E-state index in [1.54, 1.807) is 19.0 Å². The molecule has 1 spiro atoms. The number of alkyl halides is 1. The second-order valence-electron chi connectivity index (χ2n) is 14.7. The number of nitrogens with zero attached hydrogens (tertiary/aromatic N) is 7. The molecule has 5 aliphatic rings. The third-order valence-corrected chi connectivity index (χ3v) is 11.0. The van der Waals surface area contributed by atoms with Gasteiger partial charge in [-0.15, -0.1) is 0 Å². The molecule has 2 fully saturated rings. The van der Waals surface area contributed by atoms with Crippen LogP contribution >= 0.6 is 0 Å². The average Bonchev–Trinajstić information content (AvgIpc) is 3.66. The van der Waals surface area contributed by atoms with Crippen LogP contribution in [0.15, 0.2) is 24.3 Å². The summed E-state index contributed by atoms with van der Waals surface area (Å²) in [4.78, 5) is 29.0. The number of amides is 1. The maximum Gasteiger partial charge on any atom is 0.318 e. The van der Waals surface area contributed by atoms with E-state index in [-0.39, 0.29) is 11.4 Å². The van der Waals surface area contributed by atoms with E-state index in [0.29, 0.717) is 63.3 Å². The molecule has 4 aliphatic heterocycles. The summed E-state index contributed by atoms with van der Waals surface area (Å²) < 4.78 is 30.0. The molecule has 3 aromatic rings. The molecule has 11 nitrogen and oxygen atoms in total. The lowest BCUT2D eigenvalue weighted by Crippen LogP contribution is -2.44. The van der Waals surface area contributed by atoms with Crippen molar-refractivity contribution in [3.63, 3.8) is 0 Å². The first kappa shape index (κ1) is 30.6. The van der Waals surface area contributed by atoms with Crippen molar-refractivity contribution in [2.24, 2.45) is 5.92 Å². The van der Waals surface area contributed by atoms with Crippen molar-refractivity contribution in [2.75, 3.05) is 51.0 Å². The second-order valence-corrected chi connectivity index (χ2v) is 14.7. The Morgan fingerprint density at radius 2 is 2.04 bits per heavy atom. The van der Waals surface area contributed by atoms with Crippen LogP contribution in [-0.4, -0.2) is 87.5 Å². The van der Waals surface area contributed by atoms with Crippen molar-refractivity contribution >= 4 is 17.4 Å². The van der Waals surface area contributed by atoms with E-state index >= 15 is 0 Å². The number of carbonyl (C=O) groups excluding carboxylic acids is 1. The number of aryl methyl sites for hydroxylation is 1. The van der Waals surface area contributed by atoms with Crippen LogP contribution in [0, 0.1) is 5.92 Å². The third kappa shape index (κ3) is 5.33. The van der Waals surface area contributed by atoms with Crippen LogP contribution < -0.4 is 15.4 Å². The first-order chi connectivity index (χ1) is 22.6. The van der Waals surface area contributed by atoms with Gasteiger partial charge in [-0.2, -0.15) is 15.1 Å². The van der Waals surface area contributed by atoms with Gasteiger partial charge in [0.2, 0.25) is 0 Å². The Bertz CT molecular complexity index is 1710. The Kier molecular flexibility index (Phi) is 7.43. The van der Waals surface area contributed by atoms with Crippen molar-refractivity contribution in [3.8, 4) is 6.01 Å². The van der Waals surface area contributed by atoms with Gasteiger partial charge < -0.3 is 25.0 Å². The SMILES string of the molecule is C[C@@H]1Cc2ccc(N)cc2[C@@]2(Cc3nc(OC[C@@]45CCCN4C[C@H](F)C5)nc(N4CCCn5nc(C(=O)N(C)C)cc5C4)c3CO2)C1. The van der Waals surface area contributed by atoms with Crippen LogP contribution in [0.4, 0.5) is 15.9 Å². The number of anilines is 2. The fraction of sp³-hybridized carbons (Fsp3) is 0.600. The highest BCUT2D eigenvalue weighted by molar-refractivity contribution is 5.92. The number of fused-ring (bicyclic) bond motifs is 5. The molecule has 0 bridgehead atoms. The van der Waals surface area contributed by atoms with Gasteiger partial charge in [-0.1, -0.05) is 13.0 Å². The normalized spacial score (nSPS) is 28.4. The molecule has 0 unspecified atom stereocenters. The lowest BCUT2D eigenvalue weighted by Gasteiger charge is -2.45. The fourth-order valence-corrected chi connectivity index (χ4v) is 8.89. The van der Waals surface area contributed by atoms with Crippen molar-refractivity contribution in [2.45, 2.75) is 88.9 Å². The summed E-state index contributed by atoms with van der Waals surface area (Å²) in [6.45, 7) is 6.40. The summed E-state index contributed by atoms with van der Waals surface area (Å²) >= 11 is 0. The topological polar surface area (TPSA) is 115 Å². The van der Waals surface area contributed by atoms with Gasteiger partial charge in [-0.05, 0) is 73.9 Å². The molecule has 1 aliphatic carbocycles. The Morgan fingerprint density at radius 1 is 1.17 bits per heavy atom. The maximum absolute atomic E-state index is 14.6. The van der Waals surface area contributed by atoms with E-state index in [1.165, 1.54) is 5.56 Å². The van der Waals surface area contributed by atoms with Crippen LogP contribution in [0.3, 0.4) is 0 Å². The van der Waals surface area contributed by atoms with E-state index in [4.69, 9.17) is 25.2 Å². The molecule has 2 aromatic heterocycles. The number of aromatic nitrogens is 4. The Labute approximate surface area is 275 Å².